The van der Waals surface area contributed by atoms with Crippen molar-refractivity contribution in [3.63, 3.8) is 0 Å². The fourth-order valence-corrected chi connectivity index (χ4v) is 4.47. The molecule has 7 nitrogen and oxygen atoms in total. The quantitative estimate of drug-likeness (QED) is 0.536. The summed E-state index contributed by atoms with van der Waals surface area (Å²) in [5.74, 6) is -0.836. The Morgan fingerprint density at radius 1 is 1.13 bits per heavy atom. The minimum atomic E-state index is -0.987. The number of rotatable bonds is 5. The average molecular weight is 420 g/mol. The maximum absolute atomic E-state index is 13.2. The van der Waals surface area contributed by atoms with Gasteiger partial charge in [0.05, 0.1) is 25.3 Å². The van der Waals surface area contributed by atoms with Crippen molar-refractivity contribution >= 4 is 18.1 Å². The van der Waals surface area contributed by atoms with Gasteiger partial charge in [0, 0.05) is 25.8 Å². The highest BCUT2D eigenvalue weighted by Crippen LogP contribution is 2.48. The molecule has 160 valence electrons. The molecule has 2 saturated heterocycles. The molecule has 1 atom stereocenters. The Balaban J connectivity index is 1.67. The van der Waals surface area contributed by atoms with Crippen molar-refractivity contribution in [2.75, 3.05) is 19.8 Å². The van der Waals surface area contributed by atoms with Crippen molar-refractivity contribution in [2.45, 2.75) is 37.2 Å². The molecule has 0 N–H and O–H groups in total. The van der Waals surface area contributed by atoms with Crippen molar-refractivity contribution in [3.8, 4) is 0 Å². The van der Waals surface area contributed by atoms with Crippen LogP contribution in [0.3, 0.4) is 0 Å². The summed E-state index contributed by atoms with van der Waals surface area (Å²) in [6.45, 7) is 8.63. The lowest BCUT2D eigenvalue weighted by Crippen LogP contribution is -2.60. The molecular formula is C24H24N2O5. The van der Waals surface area contributed by atoms with Crippen LogP contribution in [-0.4, -0.2) is 42.8 Å². The Kier molecular flexibility index (Phi) is 6.03. The first-order valence-electron chi connectivity index (χ1n) is 10.3. The van der Waals surface area contributed by atoms with Crippen molar-refractivity contribution in [1.82, 2.24) is 4.90 Å². The van der Waals surface area contributed by atoms with Gasteiger partial charge in [-0.3, -0.25) is 4.90 Å². The van der Waals surface area contributed by atoms with Gasteiger partial charge in [0.15, 0.2) is 11.5 Å². The Morgan fingerprint density at radius 3 is 2.48 bits per heavy atom. The number of benzene rings is 2. The number of carbonyl (C=O) groups excluding carboxylic acids is 2. The SMILES string of the molecule is [C-]#[N+]c1ccc(C2(CC=O)CC3(CCN2C(=O)OCc2ccccc2)OCCO3)cc1. The number of aldehydes is 1. The van der Waals surface area contributed by atoms with Gasteiger partial charge >= 0.3 is 6.09 Å². The highest BCUT2D eigenvalue weighted by Gasteiger charge is 2.55. The van der Waals surface area contributed by atoms with Gasteiger partial charge in [-0.05, 0) is 11.1 Å². The second kappa shape index (κ2) is 8.88. The molecule has 1 spiro atoms. The summed E-state index contributed by atoms with van der Waals surface area (Å²) in [4.78, 5) is 30.1. The van der Waals surface area contributed by atoms with Crippen LogP contribution in [0.2, 0.25) is 0 Å². The molecule has 2 aliphatic heterocycles. The number of piperidine rings is 1. The van der Waals surface area contributed by atoms with E-state index in [4.69, 9.17) is 20.8 Å². The second-order valence-corrected chi connectivity index (χ2v) is 7.79. The number of carbonyl (C=O) groups is 2. The molecule has 31 heavy (non-hydrogen) atoms. The van der Waals surface area contributed by atoms with Gasteiger partial charge in [0.2, 0.25) is 0 Å². The van der Waals surface area contributed by atoms with Crippen molar-refractivity contribution in [3.05, 3.63) is 77.1 Å². The van der Waals surface area contributed by atoms with E-state index in [9.17, 15) is 9.59 Å². The highest BCUT2D eigenvalue weighted by molar-refractivity contribution is 5.71. The normalized spacial score (nSPS) is 22.1. The fourth-order valence-electron chi connectivity index (χ4n) is 4.47. The van der Waals surface area contributed by atoms with Crippen LogP contribution in [0.15, 0.2) is 54.6 Å². The van der Waals surface area contributed by atoms with E-state index in [1.54, 1.807) is 29.2 Å². The number of amides is 1. The first-order chi connectivity index (χ1) is 15.1. The lowest BCUT2D eigenvalue weighted by Gasteiger charge is -2.51. The third-order valence-corrected chi connectivity index (χ3v) is 5.99. The summed E-state index contributed by atoms with van der Waals surface area (Å²) >= 11 is 0. The number of hydrogen-bond donors (Lipinski definition) is 0. The summed E-state index contributed by atoms with van der Waals surface area (Å²) < 4.78 is 17.5. The lowest BCUT2D eigenvalue weighted by atomic mass is 9.75. The molecule has 0 radical (unpaired) electrons. The van der Waals surface area contributed by atoms with E-state index in [-0.39, 0.29) is 13.0 Å². The highest BCUT2D eigenvalue weighted by atomic mass is 16.7. The van der Waals surface area contributed by atoms with Crippen LogP contribution in [0.5, 0.6) is 0 Å². The molecule has 2 fully saturated rings. The molecule has 2 heterocycles. The van der Waals surface area contributed by atoms with Gasteiger partial charge in [-0.15, -0.1) is 0 Å². The molecule has 4 rings (SSSR count). The Morgan fingerprint density at radius 2 is 1.84 bits per heavy atom. The van der Waals surface area contributed by atoms with Crippen molar-refractivity contribution < 1.29 is 23.8 Å². The lowest BCUT2D eigenvalue weighted by molar-refractivity contribution is -0.212. The molecule has 2 aromatic carbocycles. The first kappa shape index (κ1) is 21.0. The molecule has 2 aliphatic rings. The summed E-state index contributed by atoms with van der Waals surface area (Å²) in [6.07, 6.45) is 1.20. The number of likely N-dealkylation sites (tertiary alicyclic amines) is 1. The van der Waals surface area contributed by atoms with E-state index in [0.29, 0.717) is 38.3 Å². The Hall–Kier alpha value is -3.21. The standard InChI is InChI=1S/C24H24N2O5/c1-25-21-9-7-20(8-10-21)23(12-14-27)18-24(30-15-16-31-24)11-13-26(23)22(28)29-17-19-5-3-2-4-6-19/h2-10,14H,11-13,15-18H2. The largest absolute Gasteiger partial charge is 0.445 e. The van der Waals surface area contributed by atoms with Crippen molar-refractivity contribution in [2.24, 2.45) is 0 Å². The van der Waals surface area contributed by atoms with Crippen LogP contribution in [0.4, 0.5) is 10.5 Å². The first-order valence-corrected chi connectivity index (χ1v) is 10.3. The molecule has 2 aromatic rings. The third-order valence-electron chi connectivity index (χ3n) is 5.99. The van der Waals surface area contributed by atoms with Gasteiger partial charge in [-0.2, -0.15) is 0 Å². The molecule has 0 saturated carbocycles. The minimum Gasteiger partial charge on any atom is -0.445 e. The molecule has 1 unspecified atom stereocenters. The van der Waals surface area contributed by atoms with E-state index >= 15 is 0 Å². The van der Waals surface area contributed by atoms with Gasteiger partial charge in [-0.1, -0.05) is 54.6 Å². The van der Waals surface area contributed by atoms with Crippen LogP contribution in [0, 0.1) is 6.57 Å². The Labute approximate surface area is 181 Å². The summed E-state index contributed by atoms with van der Waals surface area (Å²) in [5, 5.41) is 0. The maximum atomic E-state index is 13.2. The van der Waals surface area contributed by atoms with Gasteiger partial charge in [0.25, 0.3) is 0 Å². The van der Waals surface area contributed by atoms with Crippen LogP contribution in [0.1, 0.15) is 30.4 Å². The maximum Gasteiger partial charge on any atom is 0.410 e. The molecule has 0 aromatic heterocycles. The second-order valence-electron chi connectivity index (χ2n) is 7.79. The average Bonchev–Trinajstić information content (AvgIpc) is 3.26. The van der Waals surface area contributed by atoms with E-state index in [2.05, 4.69) is 4.85 Å². The van der Waals surface area contributed by atoms with Gasteiger partial charge in [0.1, 0.15) is 12.9 Å². The topological polar surface area (TPSA) is 69.4 Å². The van der Waals surface area contributed by atoms with E-state index in [1.165, 1.54) is 0 Å². The number of hydrogen-bond acceptors (Lipinski definition) is 5. The molecule has 0 bridgehead atoms. The zero-order valence-corrected chi connectivity index (χ0v) is 17.2. The molecule has 1 amide bonds. The molecule has 7 heteroatoms. The fraction of sp³-hybridized carbons (Fsp3) is 0.375. The van der Waals surface area contributed by atoms with E-state index in [1.807, 2.05) is 30.3 Å². The molecular weight excluding hydrogens is 396 g/mol. The van der Waals surface area contributed by atoms with E-state index in [0.717, 1.165) is 17.4 Å². The van der Waals surface area contributed by atoms with Gasteiger partial charge in [-0.25, -0.2) is 9.64 Å². The smallest absolute Gasteiger partial charge is 0.410 e. The summed E-state index contributed by atoms with van der Waals surface area (Å²) in [5.41, 5.74) is 1.14. The minimum absolute atomic E-state index is 0.0687. The van der Waals surface area contributed by atoms with Crippen LogP contribution in [-0.2, 0) is 31.2 Å². The number of nitrogens with zero attached hydrogens (tertiary/aromatic N) is 2. The van der Waals surface area contributed by atoms with Crippen LogP contribution >= 0.6 is 0 Å². The number of ether oxygens (including phenoxy) is 3. The zero-order valence-electron chi connectivity index (χ0n) is 17.2. The summed E-state index contributed by atoms with van der Waals surface area (Å²) in [7, 11) is 0. The monoisotopic (exact) mass is 420 g/mol. The zero-order chi connectivity index (χ0) is 21.7. The Bertz CT molecular complexity index is 964. The predicted molar refractivity (Wildman–Crippen MR) is 112 cm³/mol. The van der Waals surface area contributed by atoms with Gasteiger partial charge < -0.3 is 19.0 Å². The summed E-state index contributed by atoms with van der Waals surface area (Å²) in [6, 6.07) is 16.4. The van der Waals surface area contributed by atoms with Crippen molar-refractivity contribution in [1.29, 1.82) is 0 Å². The van der Waals surface area contributed by atoms with Crippen LogP contribution in [0.25, 0.3) is 4.85 Å². The predicted octanol–water partition coefficient (Wildman–Crippen LogP) is 4.20. The van der Waals surface area contributed by atoms with E-state index < -0.39 is 17.4 Å². The van der Waals surface area contributed by atoms with Crippen LogP contribution < -0.4 is 0 Å². The third kappa shape index (κ3) is 4.18. The molecule has 0 aliphatic carbocycles.